The topological polar surface area (TPSA) is 12.0 Å². The van der Waals surface area contributed by atoms with E-state index in [4.69, 9.17) is 0 Å². The van der Waals surface area contributed by atoms with Gasteiger partial charge in [0, 0.05) is 4.47 Å². The van der Waals surface area contributed by atoms with E-state index in [0.717, 1.165) is 10.9 Å². The van der Waals surface area contributed by atoms with Crippen molar-refractivity contribution in [3.05, 3.63) is 69.7 Å². The number of halogens is 1. The molecule has 106 valence electrons. The Bertz CT molecular complexity index is 546. The minimum absolute atomic E-state index is 0.246. The van der Waals surface area contributed by atoms with Gasteiger partial charge in [-0.2, -0.15) is 0 Å². The summed E-state index contributed by atoms with van der Waals surface area (Å²) >= 11 is 3.49. The Morgan fingerprint density at radius 2 is 1.70 bits per heavy atom. The molecule has 0 aliphatic rings. The molecule has 2 aromatic carbocycles. The molecule has 1 unspecified atom stereocenters. The maximum absolute atomic E-state index is 3.49. The van der Waals surface area contributed by atoms with Crippen LogP contribution in [0, 0.1) is 5.92 Å². The van der Waals surface area contributed by atoms with Crippen molar-refractivity contribution in [3.8, 4) is 0 Å². The maximum atomic E-state index is 3.49. The third kappa shape index (κ3) is 3.94. The minimum Gasteiger partial charge on any atom is -0.309 e. The summed E-state index contributed by atoms with van der Waals surface area (Å²) in [4.78, 5) is 0. The van der Waals surface area contributed by atoms with Gasteiger partial charge in [0.05, 0.1) is 6.04 Å². The second kappa shape index (κ2) is 7.05. The van der Waals surface area contributed by atoms with Crippen LogP contribution in [0.1, 0.15) is 36.6 Å². The van der Waals surface area contributed by atoms with Gasteiger partial charge in [0.1, 0.15) is 0 Å². The van der Waals surface area contributed by atoms with Crippen LogP contribution < -0.4 is 5.32 Å². The van der Waals surface area contributed by atoms with Gasteiger partial charge in [-0.15, -0.1) is 0 Å². The van der Waals surface area contributed by atoms with E-state index in [1.165, 1.54) is 16.7 Å². The lowest BCUT2D eigenvalue weighted by Gasteiger charge is -2.18. The van der Waals surface area contributed by atoms with Crippen molar-refractivity contribution in [3.63, 3.8) is 0 Å². The Kier molecular flexibility index (Phi) is 5.38. The average Bonchev–Trinajstić information content (AvgIpc) is 2.41. The highest BCUT2D eigenvalue weighted by Crippen LogP contribution is 2.24. The Morgan fingerprint density at radius 1 is 1.00 bits per heavy atom. The van der Waals surface area contributed by atoms with Crippen LogP contribution in [0.5, 0.6) is 0 Å². The van der Waals surface area contributed by atoms with Crippen LogP contribution in [-0.4, -0.2) is 7.05 Å². The Labute approximate surface area is 130 Å². The van der Waals surface area contributed by atoms with Crippen LogP contribution in [0.4, 0.5) is 0 Å². The van der Waals surface area contributed by atoms with Crippen molar-refractivity contribution in [2.75, 3.05) is 7.05 Å². The standard InChI is InChI=1S/C18H22BrN/c1-13(2)11-14-5-4-6-16(12-14)18(20-3)15-7-9-17(19)10-8-15/h4-10,12-13,18,20H,11H2,1-3H3. The highest BCUT2D eigenvalue weighted by molar-refractivity contribution is 9.10. The molecule has 2 aromatic rings. The first-order valence-electron chi connectivity index (χ1n) is 7.11. The fourth-order valence-electron chi connectivity index (χ4n) is 2.55. The molecule has 0 heterocycles. The van der Waals surface area contributed by atoms with Gasteiger partial charge in [0.15, 0.2) is 0 Å². The monoisotopic (exact) mass is 331 g/mol. The highest BCUT2D eigenvalue weighted by Gasteiger charge is 2.12. The lowest BCUT2D eigenvalue weighted by molar-refractivity contribution is 0.643. The largest absolute Gasteiger partial charge is 0.309 e. The lowest BCUT2D eigenvalue weighted by atomic mass is 9.95. The van der Waals surface area contributed by atoms with Crippen LogP contribution in [0.25, 0.3) is 0 Å². The number of hydrogen-bond acceptors (Lipinski definition) is 1. The molecule has 2 rings (SSSR count). The van der Waals surface area contributed by atoms with Crippen LogP contribution in [0.2, 0.25) is 0 Å². The highest BCUT2D eigenvalue weighted by atomic mass is 79.9. The average molecular weight is 332 g/mol. The smallest absolute Gasteiger partial charge is 0.0574 e. The summed E-state index contributed by atoms with van der Waals surface area (Å²) in [5.74, 6) is 0.686. The molecule has 0 saturated heterocycles. The summed E-state index contributed by atoms with van der Waals surface area (Å²) in [7, 11) is 2.02. The molecule has 0 amide bonds. The SMILES string of the molecule is CNC(c1ccc(Br)cc1)c1cccc(CC(C)C)c1. The maximum Gasteiger partial charge on any atom is 0.0574 e. The summed E-state index contributed by atoms with van der Waals surface area (Å²) < 4.78 is 1.12. The predicted molar refractivity (Wildman–Crippen MR) is 90.0 cm³/mol. The van der Waals surface area contributed by atoms with Crippen molar-refractivity contribution in [2.24, 2.45) is 5.92 Å². The molecule has 2 heteroatoms. The fourth-order valence-corrected chi connectivity index (χ4v) is 2.82. The van der Waals surface area contributed by atoms with Gasteiger partial charge >= 0.3 is 0 Å². The summed E-state index contributed by atoms with van der Waals surface area (Å²) in [6.45, 7) is 4.52. The van der Waals surface area contributed by atoms with Crippen molar-refractivity contribution >= 4 is 15.9 Å². The van der Waals surface area contributed by atoms with Crippen molar-refractivity contribution < 1.29 is 0 Å². The zero-order chi connectivity index (χ0) is 14.5. The molecule has 1 N–H and O–H groups in total. The molecule has 0 saturated carbocycles. The van der Waals surface area contributed by atoms with Gasteiger partial charge in [0.2, 0.25) is 0 Å². The number of hydrogen-bond donors (Lipinski definition) is 1. The molecular weight excluding hydrogens is 310 g/mol. The zero-order valence-corrected chi connectivity index (χ0v) is 13.9. The Morgan fingerprint density at radius 3 is 2.30 bits per heavy atom. The van der Waals surface area contributed by atoms with E-state index in [9.17, 15) is 0 Å². The molecular formula is C18H22BrN. The van der Waals surface area contributed by atoms with Crippen LogP contribution in [0.15, 0.2) is 53.0 Å². The van der Waals surface area contributed by atoms with Crippen molar-refractivity contribution in [1.82, 2.24) is 5.32 Å². The van der Waals surface area contributed by atoms with Gasteiger partial charge in [-0.05, 0) is 48.2 Å². The first-order chi connectivity index (χ1) is 9.60. The second-order valence-corrected chi connectivity index (χ2v) is 6.53. The van der Waals surface area contributed by atoms with E-state index in [-0.39, 0.29) is 6.04 Å². The van der Waals surface area contributed by atoms with Gasteiger partial charge in [-0.1, -0.05) is 66.2 Å². The first-order valence-corrected chi connectivity index (χ1v) is 7.91. The minimum atomic E-state index is 0.246. The molecule has 0 fully saturated rings. The molecule has 0 spiro atoms. The third-order valence-electron chi connectivity index (χ3n) is 3.42. The van der Waals surface area contributed by atoms with Crippen molar-refractivity contribution in [2.45, 2.75) is 26.3 Å². The lowest BCUT2D eigenvalue weighted by Crippen LogP contribution is -2.17. The fraction of sp³-hybridized carbons (Fsp3) is 0.333. The molecule has 0 aromatic heterocycles. The summed E-state index contributed by atoms with van der Waals surface area (Å²) in [6.07, 6.45) is 1.13. The van der Waals surface area contributed by atoms with Gasteiger partial charge in [-0.25, -0.2) is 0 Å². The molecule has 0 aliphatic heterocycles. The van der Waals surface area contributed by atoms with E-state index in [0.29, 0.717) is 5.92 Å². The molecule has 0 bridgehead atoms. The third-order valence-corrected chi connectivity index (χ3v) is 3.95. The Balaban J connectivity index is 2.29. The Hall–Kier alpha value is -1.12. The first kappa shape index (κ1) is 15.3. The number of rotatable bonds is 5. The van der Waals surface area contributed by atoms with E-state index < -0.39 is 0 Å². The number of nitrogens with one attached hydrogen (secondary N) is 1. The normalized spacial score (nSPS) is 12.7. The summed E-state index contributed by atoms with van der Waals surface area (Å²) in [5, 5.41) is 3.42. The van der Waals surface area contributed by atoms with Crippen molar-refractivity contribution in [1.29, 1.82) is 0 Å². The van der Waals surface area contributed by atoms with Crippen LogP contribution >= 0.6 is 15.9 Å². The quantitative estimate of drug-likeness (QED) is 0.816. The molecule has 1 atom stereocenters. The van der Waals surface area contributed by atoms with Gasteiger partial charge < -0.3 is 5.32 Å². The van der Waals surface area contributed by atoms with E-state index in [1.54, 1.807) is 0 Å². The van der Waals surface area contributed by atoms with Crippen LogP contribution in [0.3, 0.4) is 0 Å². The summed E-state index contributed by atoms with van der Waals surface area (Å²) in [5.41, 5.74) is 4.03. The molecule has 20 heavy (non-hydrogen) atoms. The van der Waals surface area contributed by atoms with Gasteiger partial charge in [0.25, 0.3) is 0 Å². The molecule has 0 radical (unpaired) electrons. The second-order valence-electron chi connectivity index (χ2n) is 5.62. The van der Waals surface area contributed by atoms with E-state index in [2.05, 4.69) is 83.6 Å². The summed E-state index contributed by atoms with van der Waals surface area (Å²) in [6, 6.07) is 17.7. The molecule has 1 nitrogen and oxygen atoms in total. The molecule has 0 aliphatic carbocycles. The van der Waals surface area contributed by atoms with Gasteiger partial charge in [-0.3, -0.25) is 0 Å². The number of benzene rings is 2. The van der Waals surface area contributed by atoms with Crippen LogP contribution in [-0.2, 0) is 6.42 Å². The van der Waals surface area contributed by atoms with E-state index >= 15 is 0 Å². The predicted octanol–water partition coefficient (Wildman–Crippen LogP) is 4.96. The van der Waals surface area contributed by atoms with E-state index in [1.807, 2.05) is 7.05 Å². The zero-order valence-electron chi connectivity index (χ0n) is 12.4.